The van der Waals surface area contributed by atoms with E-state index in [4.69, 9.17) is 5.73 Å². The third-order valence-corrected chi connectivity index (χ3v) is 8.87. The molecule has 0 spiro atoms. The third-order valence-electron chi connectivity index (χ3n) is 8.87. The summed E-state index contributed by atoms with van der Waals surface area (Å²) in [5.41, 5.74) is 2.03. The highest BCUT2D eigenvalue weighted by Gasteiger charge is 2.63. The normalized spacial score (nSPS) is 29.4. The van der Waals surface area contributed by atoms with Gasteiger partial charge < -0.3 is 31.1 Å². The van der Waals surface area contributed by atoms with E-state index in [1.165, 1.54) is 17.0 Å². The number of aromatic hydroxyl groups is 1. The number of piperazine rings is 1. The lowest BCUT2D eigenvalue weighted by Crippen LogP contribution is -2.63. The molecule has 1 saturated heterocycles. The fourth-order valence-corrected chi connectivity index (χ4v) is 6.81. The van der Waals surface area contributed by atoms with Gasteiger partial charge >= 0.3 is 0 Å². The number of aliphatic hydroxyl groups excluding tert-OH is 2. The summed E-state index contributed by atoms with van der Waals surface area (Å²) in [4.78, 5) is 58.4. The maximum atomic E-state index is 13.8. The van der Waals surface area contributed by atoms with Crippen LogP contribution in [0.2, 0.25) is 0 Å². The molecule has 1 heterocycles. The van der Waals surface area contributed by atoms with Crippen LogP contribution in [0.4, 0.5) is 0 Å². The standard InChI is InChI=1S/C28H34N4O8/c1-30(2)22-16-11-13-10-15-14(18(34)12-32-8-6-31(3)7-9-32)4-5-17(33)20(15)23(35)19(13)25(37)28(16,40)26(38)21(24(22)36)27(29)39/h4-5,13,16,22,33,36-37,40H,6-12H2,1-3H3,(H2,29,39)/t13-,16-,22-,28-/m0/s1. The number of allylic oxidation sites excluding steroid dienone is 1. The van der Waals surface area contributed by atoms with Crippen LogP contribution in [0.1, 0.15) is 32.7 Å². The summed E-state index contributed by atoms with van der Waals surface area (Å²) in [6.45, 7) is 3.23. The Morgan fingerprint density at radius 2 is 1.75 bits per heavy atom. The zero-order valence-electron chi connectivity index (χ0n) is 22.7. The van der Waals surface area contributed by atoms with Gasteiger partial charge in [0.1, 0.15) is 22.8 Å². The molecule has 1 fully saturated rings. The molecular weight excluding hydrogens is 520 g/mol. The van der Waals surface area contributed by atoms with Gasteiger partial charge in [-0.3, -0.25) is 29.0 Å². The number of carbonyl (C=O) groups is 4. The van der Waals surface area contributed by atoms with E-state index in [1.807, 2.05) is 11.9 Å². The van der Waals surface area contributed by atoms with Gasteiger partial charge in [-0.05, 0) is 57.6 Å². The van der Waals surface area contributed by atoms with Gasteiger partial charge in [-0.1, -0.05) is 0 Å². The molecular formula is C28H34N4O8. The van der Waals surface area contributed by atoms with E-state index in [1.54, 1.807) is 14.1 Å². The number of carbonyl (C=O) groups excluding carboxylic acids is 4. The van der Waals surface area contributed by atoms with Crippen molar-refractivity contribution < 1.29 is 39.6 Å². The minimum absolute atomic E-state index is 0.0342. The fourth-order valence-electron chi connectivity index (χ4n) is 6.81. The van der Waals surface area contributed by atoms with Crippen molar-refractivity contribution in [3.63, 3.8) is 0 Å². The van der Waals surface area contributed by atoms with Crippen LogP contribution in [0.5, 0.6) is 5.75 Å². The number of fused-ring (bicyclic) bond motifs is 3. The van der Waals surface area contributed by atoms with Crippen molar-refractivity contribution in [2.45, 2.75) is 24.5 Å². The lowest BCUT2D eigenvalue weighted by Gasteiger charge is -2.50. The molecule has 6 N–H and O–H groups in total. The molecule has 0 radical (unpaired) electrons. The Hall–Kier alpha value is -3.58. The topological polar surface area (TPSA) is 185 Å². The molecule has 1 aromatic carbocycles. The molecule has 0 aromatic heterocycles. The highest BCUT2D eigenvalue weighted by atomic mass is 16.3. The first kappa shape index (κ1) is 28.0. The zero-order valence-corrected chi connectivity index (χ0v) is 22.7. The number of likely N-dealkylation sites (N-methyl/N-ethyl adjacent to an activating group) is 2. The van der Waals surface area contributed by atoms with Crippen molar-refractivity contribution in [1.82, 2.24) is 14.7 Å². The Balaban J connectivity index is 1.59. The maximum Gasteiger partial charge on any atom is 0.255 e. The smallest absolute Gasteiger partial charge is 0.255 e. The Bertz CT molecular complexity index is 1390. The maximum absolute atomic E-state index is 13.8. The van der Waals surface area contributed by atoms with Crippen molar-refractivity contribution in [1.29, 1.82) is 0 Å². The number of primary amides is 1. The first-order valence-electron chi connectivity index (χ1n) is 13.2. The van der Waals surface area contributed by atoms with Crippen molar-refractivity contribution >= 4 is 23.3 Å². The number of Topliss-reactive ketones (excluding diaryl/α,β-unsaturated/α-hetero) is 3. The van der Waals surface area contributed by atoms with Crippen LogP contribution < -0.4 is 5.73 Å². The van der Waals surface area contributed by atoms with Crippen LogP contribution in [0.15, 0.2) is 34.8 Å². The Kier molecular flexibility index (Phi) is 6.86. The van der Waals surface area contributed by atoms with E-state index in [9.17, 15) is 39.6 Å². The molecule has 1 amide bonds. The molecule has 4 aliphatic rings. The number of nitrogens with zero attached hydrogens (tertiary/aromatic N) is 3. The molecule has 12 nitrogen and oxygen atoms in total. The van der Waals surface area contributed by atoms with Gasteiger partial charge in [-0.2, -0.15) is 0 Å². The number of ketones is 3. The first-order chi connectivity index (χ1) is 18.8. The second-order valence-corrected chi connectivity index (χ2v) is 11.5. The lowest BCUT2D eigenvalue weighted by molar-refractivity contribution is -0.148. The second kappa shape index (κ2) is 9.81. The van der Waals surface area contributed by atoms with Gasteiger partial charge in [0.2, 0.25) is 5.78 Å². The lowest BCUT2D eigenvalue weighted by atomic mass is 9.58. The van der Waals surface area contributed by atoms with Gasteiger partial charge in [0.25, 0.3) is 5.91 Å². The molecule has 4 atom stereocenters. The van der Waals surface area contributed by atoms with E-state index in [0.717, 1.165) is 26.2 Å². The highest BCUT2D eigenvalue weighted by Crippen LogP contribution is 2.52. The summed E-state index contributed by atoms with van der Waals surface area (Å²) >= 11 is 0. The summed E-state index contributed by atoms with van der Waals surface area (Å²) in [6, 6.07) is 1.67. The Morgan fingerprint density at radius 3 is 2.35 bits per heavy atom. The number of hydrogen-bond donors (Lipinski definition) is 5. The average molecular weight is 555 g/mol. The first-order valence-corrected chi connectivity index (χ1v) is 13.2. The van der Waals surface area contributed by atoms with Crippen molar-refractivity contribution in [3.8, 4) is 5.75 Å². The molecule has 1 aromatic rings. The molecule has 40 heavy (non-hydrogen) atoms. The summed E-state index contributed by atoms with van der Waals surface area (Å²) in [7, 11) is 5.15. The van der Waals surface area contributed by atoms with Crippen LogP contribution in [0.25, 0.3) is 0 Å². The van der Waals surface area contributed by atoms with Gasteiger partial charge in [0, 0.05) is 43.2 Å². The second-order valence-electron chi connectivity index (χ2n) is 11.5. The Labute approximate surface area is 231 Å². The fraction of sp³-hybridized carbons (Fsp3) is 0.500. The quantitative estimate of drug-likeness (QED) is 0.235. The van der Waals surface area contributed by atoms with E-state index in [0.29, 0.717) is 11.1 Å². The predicted molar refractivity (Wildman–Crippen MR) is 142 cm³/mol. The number of benzene rings is 1. The van der Waals surface area contributed by atoms with Crippen LogP contribution in [-0.4, -0.2) is 124 Å². The van der Waals surface area contributed by atoms with E-state index >= 15 is 0 Å². The third kappa shape index (κ3) is 4.05. The average Bonchev–Trinajstić information content (AvgIpc) is 2.87. The number of amides is 1. The van der Waals surface area contributed by atoms with Crippen LogP contribution in [0.3, 0.4) is 0 Å². The number of nitrogens with two attached hydrogens (primary N) is 1. The molecule has 5 rings (SSSR count). The molecule has 3 aliphatic carbocycles. The number of rotatable bonds is 5. The minimum atomic E-state index is -2.70. The highest BCUT2D eigenvalue weighted by molar-refractivity contribution is 6.25. The van der Waals surface area contributed by atoms with E-state index < -0.39 is 58.0 Å². The predicted octanol–water partition coefficient (Wildman–Crippen LogP) is -0.449. The van der Waals surface area contributed by atoms with Gasteiger partial charge in [0.15, 0.2) is 17.2 Å². The van der Waals surface area contributed by atoms with Crippen LogP contribution in [-0.2, 0) is 16.0 Å². The summed E-state index contributed by atoms with van der Waals surface area (Å²) < 4.78 is 0. The summed E-state index contributed by atoms with van der Waals surface area (Å²) in [5.74, 6) is -7.38. The molecule has 1 aliphatic heterocycles. The molecule has 0 bridgehead atoms. The Morgan fingerprint density at radius 1 is 1.10 bits per heavy atom. The van der Waals surface area contributed by atoms with Gasteiger partial charge in [-0.25, -0.2) is 0 Å². The van der Waals surface area contributed by atoms with Crippen molar-refractivity contribution in [2.75, 3.05) is 53.9 Å². The van der Waals surface area contributed by atoms with Crippen LogP contribution in [0, 0.1) is 11.8 Å². The number of phenolic OH excluding ortho intramolecular Hbond substituents is 1. The van der Waals surface area contributed by atoms with Crippen molar-refractivity contribution in [2.24, 2.45) is 17.6 Å². The molecule has 214 valence electrons. The van der Waals surface area contributed by atoms with E-state index in [2.05, 4.69) is 4.90 Å². The van der Waals surface area contributed by atoms with E-state index in [-0.39, 0.29) is 42.1 Å². The van der Waals surface area contributed by atoms with Crippen LogP contribution >= 0.6 is 0 Å². The number of phenols is 1. The molecule has 12 heteroatoms. The minimum Gasteiger partial charge on any atom is -0.510 e. The SMILES string of the molecule is CN1CCN(CC(=O)c2ccc(O)c3c2C[C@H]2C[C@H]4[C@H](N(C)C)C(O)=C(C(N)=O)C(=O)[C@@]4(O)C(O)=C2C3=O)CC1. The number of hydrogen-bond acceptors (Lipinski definition) is 11. The van der Waals surface area contributed by atoms with Gasteiger partial charge in [-0.15, -0.1) is 0 Å². The largest absolute Gasteiger partial charge is 0.510 e. The molecule has 0 unspecified atom stereocenters. The zero-order chi connectivity index (χ0) is 29.3. The molecule has 0 saturated carbocycles. The van der Waals surface area contributed by atoms with Crippen molar-refractivity contribution in [3.05, 3.63) is 51.5 Å². The van der Waals surface area contributed by atoms with Gasteiger partial charge in [0.05, 0.1) is 18.2 Å². The number of aliphatic hydroxyl groups is 3. The summed E-state index contributed by atoms with van der Waals surface area (Å²) in [6.07, 6.45) is 0.0419. The summed E-state index contributed by atoms with van der Waals surface area (Å²) in [5, 5.41) is 44.6. The monoisotopic (exact) mass is 554 g/mol.